The summed E-state index contributed by atoms with van der Waals surface area (Å²) in [6.45, 7) is 10.0. The SMILES string of the molecule is CCCN1CCCC(c2nc3c(C(N)=O)cccc3n2CCN2CCCC2)C1. The van der Waals surface area contributed by atoms with Gasteiger partial charge < -0.3 is 20.1 Å². The molecule has 1 unspecified atom stereocenters. The Morgan fingerprint density at radius 3 is 2.64 bits per heavy atom. The second-order valence-electron chi connectivity index (χ2n) is 8.35. The minimum Gasteiger partial charge on any atom is -0.366 e. The van der Waals surface area contributed by atoms with Crippen molar-refractivity contribution in [1.82, 2.24) is 19.4 Å². The number of amides is 1. The maximum atomic E-state index is 12.0. The van der Waals surface area contributed by atoms with Gasteiger partial charge in [0.2, 0.25) is 0 Å². The first kappa shape index (κ1) is 19.4. The van der Waals surface area contributed by atoms with Crippen LogP contribution in [0.2, 0.25) is 0 Å². The number of carbonyl (C=O) groups excluding carboxylic acids is 1. The van der Waals surface area contributed by atoms with E-state index in [4.69, 9.17) is 10.7 Å². The molecule has 4 rings (SSSR count). The summed E-state index contributed by atoms with van der Waals surface area (Å²) in [5, 5.41) is 0. The van der Waals surface area contributed by atoms with Crippen molar-refractivity contribution in [2.45, 2.75) is 51.5 Å². The molecule has 2 N–H and O–H groups in total. The monoisotopic (exact) mass is 383 g/mol. The number of nitrogens with two attached hydrogens (primary N) is 1. The summed E-state index contributed by atoms with van der Waals surface area (Å²) in [4.78, 5) is 22.1. The molecule has 1 amide bonds. The number of benzene rings is 1. The smallest absolute Gasteiger partial charge is 0.250 e. The summed E-state index contributed by atoms with van der Waals surface area (Å²) >= 11 is 0. The molecule has 6 nitrogen and oxygen atoms in total. The Morgan fingerprint density at radius 1 is 1.11 bits per heavy atom. The van der Waals surface area contributed by atoms with E-state index in [0.717, 1.165) is 43.0 Å². The Kier molecular flexibility index (Phi) is 5.97. The number of hydrogen-bond acceptors (Lipinski definition) is 4. The molecule has 2 fully saturated rings. The lowest BCUT2D eigenvalue weighted by atomic mass is 9.97. The second-order valence-corrected chi connectivity index (χ2v) is 8.35. The highest BCUT2D eigenvalue weighted by molar-refractivity contribution is 6.04. The first-order valence-corrected chi connectivity index (χ1v) is 10.9. The van der Waals surface area contributed by atoms with Gasteiger partial charge in [0, 0.05) is 25.6 Å². The van der Waals surface area contributed by atoms with Crippen LogP contribution in [0.3, 0.4) is 0 Å². The predicted octanol–water partition coefficient (Wildman–Crippen LogP) is 2.82. The Morgan fingerprint density at radius 2 is 1.89 bits per heavy atom. The van der Waals surface area contributed by atoms with Gasteiger partial charge in [-0.2, -0.15) is 0 Å². The van der Waals surface area contributed by atoms with E-state index in [-0.39, 0.29) is 0 Å². The zero-order valence-corrected chi connectivity index (χ0v) is 17.1. The van der Waals surface area contributed by atoms with Crippen LogP contribution in [0.25, 0.3) is 11.0 Å². The van der Waals surface area contributed by atoms with Crippen LogP contribution in [-0.2, 0) is 6.54 Å². The maximum Gasteiger partial charge on any atom is 0.250 e. The van der Waals surface area contributed by atoms with E-state index in [1.807, 2.05) is 6.07 Å². The fourth-order valence-electron chi connectivity index (χ4n) is 4.94. The third-order valence-corrected chi connectivity index (χ3v) is 6.32. The largest absolute Gasteiger partial charge is 0.366 e. The van der Waals surface area contributed by atoms with E-state index < -0.39 is 5.91 Å². The number of para-hydroxylation sites is 1. The van der Waals surface area contributed by atoms with Crippen molar-refractivity contribution < 1.29 is 4.79 Å². The maximum absolute atomic E-state index is 12.0. The lowest BCUT2D eigenvalue weighted by Crippen LogP contribution is -2.36. The fourth-order valence-corrected chi connectivity index (χ4v) is 4.94. The Bertz CT molecular complexity index is 822. The minimum atomic E-state index is -0.391. The van der Waals surface area contributed by atoms with Crippen LogP contribution in [0.5, 0.6) is 0 Å². The summed E-state index contributed by atoms with van der Waals surface area (Å²) in [5.74, 6) is 1.17. The van der Waals surface area contributed by atoms with Gasteiger partial charge in [-0.15, -0.1) is 0 Å². The van der Waals surface area contributed by atoms with Crippen molar-refractivity contribution in [1.29, 1.82) is 0 Å². The Balaban J connectivity index is 1.69. The molecule has 0 aliphatic carbocycles. The summed E-state index contributed by atoms with van der Waals surface area (Å²) in [6, 6.07) is 5.83. The third-order valence-electron chi connectivity index (χ3n) is 6.32. The predicted molar refractivity (Wildman–Crippen MR) is 113 cm³/mol. The van der Waals surface area contributed by atoms with Crippen LogP contribution in [0.4, 0.5) is 0 Å². The molecule has 3 heterocycles. The van der Waals surface area contributed by atoms with Crippen molar-refractivity contribution in [3.63, 3.8) is 0 Å². The van der Waals surface area contributed by atoms with Crippen molar-refractivity contribution in [2.75, 3.05) is 39.3 Å². The molecule has 2 aliphatic heterocycles. The molecular weight excluding hydrogens is 350 g/mol. The van der Waals surface area contributed by atoms with E-state index in [9.17, 15) is 4.79 Å². The van der Waals surface area contributed by atoms with Gasteiger partial charge in [-0.05, 0) is 70.4 Å². The van der Waals surface area contributed by atoms with Crippen LogP contribution in [0, 0.1) is 0 Å². The molecular formula is C22H33N5O. The quantitative estimate of drug-likeness (QED) is 0.798. The highest BCUT2D eigenvalue weighted by Gasteiger charge is 2.27. The molecule has 2 aliphatic rings. The lowest BCUT2D eigenvalue weighted by molar-refractivity contribution is 0.100. The lowest BCUT2D eigenvalue weighted by Gasteiger charge is -2.32. The molecule has 0 radical (unpaired) electrons. The van der Waals surface area contributed by atoms with Crippen LogP contribution < -0.4 is 5.73 Å². The number of hydrogen-bond donors (Lipinski definition) is 1. The average Bonchev–Trinajstić information content (AvgIpc) is 3.34. The van der Waals surface area contributed by atoms with Gasteiger partial charge in [0.25, 0.3) is 5.91 Å². The highest BCUT2D eigenvalue weighted by Crippen LogP contribution is 2.30. The number of fused-ring (bicyclic) bond motifs is 1. The number of nitrogens with zero attached hydrogens (tertiary/aromatic N) is 4. The van der Waals surface area contributed by atoms with E-state index in [1.165, 1.54) is 51.7 Å². The number of likely N-dealkylation sites (tertiary alicyclic amines) is 2. The van der Waals surface area contributed by atoms with Crippen molar-refractivity contribution >= 4 is 16.9 Å². The summed E-state index contributed by atoms with van der Waals surface area (Å²) in [7, 11) is 0. The van der Waals surface area contributed by atoms with E-state index >= 15 is 0 Å². The van der Waals surface area contributed by atoms with Crippen molar-refractivity contribution in [3.05, 3.63) is 29.6 Å². The van der Waals surface area contributed by atoms with Crippen LogP contribution in [-0.4, -0.2) is 64.5 Å². The molecule has 2 saturated heterocycles. The van der Waals surface area contributed by atoms with Gasteiger partial charge in [-0.25, -0.2) is 4.98 Å². The van der Waals surface area contributed by atoms with Gasteiger partial charge in [0.1, 0.15) is 11.3 Å². The molecule has 0 saturated carbocycles. The highest BCUT2D eigenvalue weighted by atomic mass is 16.1. The first-order valence-electron chi connectivity index (χ1n) is 10.9. The van der Waals surface area contributed by atoms with Gasteiger partial charge in [0.15, 0.2) is 0 Å². The summed E-state index contributed by atoms with van der Waals surface area (Å²) in [5.41, 5.74) is 8.02. The van der Waals surface area contributed by atoms with Crippen molar-refractivity contribution in [3.8, 4) is 0 Å². The first-order chi connectivity index (χ1) is 13.7. The normalized spacial score (nSPS) is 21.5. The van der Waals surface area contributed by atoms with E-state index in [2.05, 4.69) is 27.4 Å². The molecule has 0 bridgehead atoms. The van der Waals surface area contributed by atoms with Crippen LogP contribution in [0.1, 0.15) is 61.1 Å². The number of primary amides is 1. The Labute approximate surface area is 167 Å². The average molecular weight is 384 g/mol. The zero-order valence-electron chi connectivity index (χ0n) is 17.1. The summed E-state index contributed by atoms with van der Waals surface area (Å²) < 4.78 is 2.38. The number of aromatic nitrogens is 2. The molecule has 152 valence electrons. The number of piperidine rings is 1. The second kappa shape index (κ2) is 8.62. The molecule has 2 aromatic rings. The number of carbonyl (C=O) groups is 1. The van der Waals surface area contributed by atoms with E-state index in [0.29, 0.717) is 11.5 Å². The standard InChI is InChI=1S/C22H33N5O/c1-2-10-26-13-6-7-17(16-26)22-24-20-18(21(23)28)8-5-9-19(20)27(22)15-14-25-11-3-4-12-25/h5,8-9,17H,2-4,6-7,10-16H2,1H3,(H2,23,28). The number of rotatable bonds is 7. The number of imidazole rings is 1. The third kappa shape index (κ3) is 3.94. The van der Waals surface area contributed by atoms with Gasteiger partial charge in [-0.3, -0.25) is 4.79 Å². The molecule has 1 aromatic carbocycles. The summed E-state index contributed by atoms with van der Waals surface area (Å²) in [6.07, 6.45) is 6.17. The van der Waals surface area contributed by atoms with Crippen molar-refractivity contribution in [2.24, 2.45) is 5.73 Å². The molecule has 1 aromatic heterocycles. The molecule has 6 heteroatoms. The van der Waals surface area contributed by atoms with Crippen LogP contribution in [0.15, 0.2) is 18.2 Å². The topological polar surface area (TPSA) is 67.4 Å². The fraction of sp³-hybridized carbons (Fsp3) is 0.636. The van der Waals surface area contributed by atoms with Gasteiger partial charge in [0.05, 0.1) is 11.1 Å². The Hall–Kier alpha value is -1.92. The molecule has 1 atom stereocenters. The van der Waals surface area contributed by atoms with E-state index in [1.54, 1.807) is 6.07 Å². The van der Waals surface area contributed by atoms with Gasteiger partial charge in [-0.1, -0.05) is 13.0 Å². The molecule has 28 heavy (non-hydrogen) atoms. The minimum absolute atomic E-state index is 0.391. The van der Waals surface area contributed by atoms with Gasteiger partial charge >= 0.3 is 0 Å². The molecule has 0 spiro atoms. The zero-order chi connectivity index (χ0) is 19.5. The van der Waals surface area contributed by atoms with Crippen LogP contribution >= 0.6 is 0 Å².